The summed E-state index contributed by atoms with van der Waals surface area (Å²) in [6.07, 6.45) is 0.378. The van der Waals surface area contributed by atoms with E-state index in [1.807, 2.05) is 24.3 Å². The largest absolute Gasteiger partial charge is 0.492 e. The van der Waals surface area contributed by atoms with E-state index in [4.69, 9.17) is 9.84 Å². The summed E-state index contributed by atoms with van der Waals surface area (Å²) in [4.78, 5) is 28.7. The number of aliphatic hydroxyl groups is 2. The third kappa shape index (κ3) is 4.81. The Morgan fingerprint density at radius 2 is 1.96 bits per heavy atom. The van der Waals surface area contributed by atoms with Crippen molar-refractivity contribution in [1.82, 2.24) is 15.1 Å². The maximum atomic E-state index is 12.7. The molecule has 1 aromatic rings. The first-order valence-electron chi connectivity index (χ1n) is 9.76. The summed E-state index contributed by atoms with van der Waals surface area (Å²) in [6, 6.07) is 7.43. The minimum absolute atomic E-state index is 0.00874. The van der Waals surface area contributed by atoms with Crippen molar-refractivity contribution in [3.63, 3.8) is 0 Å². The number of likely N-dealkylation sites (tertiary alicyclic amines) is 1. The molecule has 0 aliphatic carbocycles. The lowest BCUT2D eigenvalue weighted by Gasteiger charge is -2.38. The first kappa shape index (κ1) is 20.6. The zero-order valence-electron chi connectivity index (χ0n) is 16.3. The van der Waals surface area contributed by atoms with Gasteiger partial charge >= 0.3 is 0 Å². The van der Waals surface area contributed by atoms with Crippen LogP contribution in [-0.4, -0.2) is 82.9 Å². The van der Waals surface area contributed by atoms with Crippen LogP contribution in [0.25, 0.3) is 0 Å². The van der Waals surface area contributed by atoms with Crippen molar-refractivity contribution in [2.45, 2.75) is 38.0 Å². The van der Waals surface area contributed by atoms with Crippen LogP contribution in [0.4, 0.5) is 0 Å². The number of fused-ring (bicyclic) bond motifs is 1. The van der Waals surface area contributed by atoms with E-state index < -0.39 is 17.6 Å². The van der Waals surface area contributed by atoms with Crippen LogP contribution in [-0.2, 0) is 16.1 Å². The SMILES string of the molecule is CC(CO)NC(=O)C1(O)CCN(C(=O)CN2CCOc3ccccc3C2)CC1. The van der Waals surface area contributed by atoms with Crippen molar-refractivity contribution in [3.05, 3.63) is 29.8 Å². The topological polar surface area (TPSA) is 102 Å². The van der Waals surface area contributed by atoms with Gasteiger partial charge in [-0.25, -0.2) is 0 Å². The van der Waals surface area contributed by atoms with Gasteiger partial charge in [0.25, 0.3) is 5.91 Å². The number of benzene rings is 1. The highest BCUT2D eigenvalue weighted by Crippen LogP contribution is 2.24. The van der Waals surface area contributed by atoms with Gasteiger partial charge in [0.1, 0.15) is 18.0 Å². The lowest BCUT2D eigenvalue weighted by Crippen LogP contribution is -2.57. The van der Waals surface area contributed by atoms with E-state index in [9.17, 15) is 14.7 Å². The molecule has 1 saturated heterocycles. The highest BCUT2D eigenvalue weighted by Gasteiger charge is 2.40. The number of carbonyl (C=O) groups is 2. The van der Waals surface area contributed by atoms with Crippen LogP contribution in [0.5, 0.6) is 5.75 Å². The molecule has 2 aliphatic heterocycles. The predicted molar refractivity (Wildman–Crippen MR) is 103 cm³/mol. The van der Waals surface area contributed by atoms with Gasteiger partial charge in [-0.2, -0.15) is 0 Å². The Labute approximate surface area is 165 Å². The minimum atomic E-state index is -1.49. The number of hydrogen-bond donors (Lipinski definition) is 3. The first-order chi connectivity index (χ1) is 13.4. The van der Waals surface area contributed by atoms with Crippen molar-refractivity contribution < 1.29 is 24.5 Å². The average Bonchev–Trinajstić information content (AvgIpc) is 2.89. The van der Waals surface area contributed by atoms with Crippen molar-refractivity contribution in [2.75, 3.05) is 39.4 Å². The second-order valence-electron chi connectivity index (χ2n) is 7.64. The molecule has 2 aliphatic rings. The Morgan fingerprint density at radius 3 is 2.68 bits per heavy atom. The van der Waals surface area contributed by atoms with Gasteiger partial charge in [-0.15, -0.1) is 0 Å². The van der Waals surface area contributed by atoms with Crippen molar-refractivity contribution in [3.8, 4) is 5.75 Å². The summed E-state index contributed by atoms with van der Waals surface area (Å²) in [5.74, 6) is 0.372. The van der Waals surface area contributed by atoms with E-state index in [1.165, 1.54) is 0 Å². The molecule has 3 rings (SSSR count). The fourth-order valence-electron chi connectivity index (χ4n) is 3.56. The fourth-order valence-corrected chi connectivity index (χ4v) is 3.56. The molecule has 1 atom stereocenters. The summed E-state index contributed by atoms with van der Waals surface area (Å²) in [7, 11) is 0. The van der Waals surface area contributed by atoms with E-state index in [0.29, 0.717) is 32.8 Å². The minimum Gasteiger partial charge on any atom is -0.492 e. The van der Waals surface area contributed by atoms with Gasteiger partial charge in [-0.1, -0.05) is 18.2 Å². The number of nitrogens with zero attached hydrogens (tertiary/aromatic N) is 2. The van der Waals surface area contributed by atoms with Gasteiger partial charge in [-0.3, -0.25) is 14.5 Å². The van der Waals surface area contributed by atoms with Gasteiger partial charge in [0.15, 0.2) is 0 Å². The molecule has 0 spiro atoms. The highest BCUT2D eigenvalue weighted by atomic mass is 16.5. The van der Waals surface area contributed by atoms with Crippen LogP contribution in [0, 0.1) is 0 Å². The van der Waals surface area contributed by atoms with Crippen molar-refractivity contribution in [2.24, 2.45) is 0 Å². The summed E-state index contributed by atoms with van der Waals surface area (Å²) in [5.41, 5.74) is -0.425. The number of piperidine rings is 1. The Bertz CT molecular complexity index is 703. The molecule has 3 N–H and O–H groups in total. The van der Waals surface area contributed by atoms with E-state index in [2.05, 4.69) is 10.2 Å². The Balaban J connectivity index is 1.52. The Morgan fingerprint density at radius 1 is 1.25 bits per heavy atom. The molecule has 8 nitrogen and oxygen atoms in total. The maximum Gasteiger partial charge on any atom is 0.252 e. The van der Waals surface area contributed by atoms with E-state index in [0.717, 1.165) is 11.3 Å². The number of amides is 2. The van der Waals surface area contributed by atoms with Crippen molar-refractivity contribution >= 4 is 11.8 Å². The second kappa shape index (κ2) is 8.89. The molecule has 2 amide bonds. The molecule has 0 radical (unpaired) electrons. The lowest BCUT2D eigenvalue weighted by molar-refractivity contribution is -0.150. The van der Waals surface area contributed by atoms with Gasteiger partial charge in [-0.05, 0) is 13.0 Å². The number of hydrogen-bond acceptors (Lipinski definition) is 6. The molecule has 1 fully saturated rings. The first-order valence-corrected chi connectivity index (χ1v) is 9.76. The molecule has 0 saturated carbocycles. The molecule has 154 valence electrons. The van der Waals surface area contributed by atoms with E-state index in [-0.39, 0.29) is 31.9 Å². The quantitative estimate of drug-likeness (QED) is 0.639. The van der Waals surface area contributed by atoms with Gasteiger partial charge in [0.05, 0.1) is 13.2 Å². The number of carbonyl (C=O) groups excluding carboxylic acids is 2. The zero-order chi connectivity index (χ0) is 20.1. The predicted octanol–water partition coefficient (Wildman–Crippen LogP) is -0.268. The summed E-state index contributed by atoms with van der Waals surface area (Å²) in [6.45, 7) is 4.28. The number of nitrogens with one attached hydrogen (secondary N) is 1. The van der Waals surface area contributed by atoms with Gasteiger partial charge in [0, 0.05) is 50.6 Å². The van der Waals surface area contributed by atoms with Gasteiger partial charge in [0.2, 0.25) is 5.91 Å². The third-order valence-corrected chi connectivity index (χ3v) is 5.41. The van der Waals surface area contributed by atoms with Gasteiger partial charge < -0.3 is 25.2 Å². The summed E-state index contributed by atoms with van der Waals surface area (Å²) in [5, 5.41) is 22.2. The number of para-hydroxylation sites is 1. The molecular formula is C20H29N3O5. The van der Waals surface area contributed by atoms with Crippen LogP contribution in [0.2, 0.25) is 0 Å². The van der Waals surface area contributed by atoms with E-state index in [1.54, 1.807) is 11.8 Å². The average molecular weight is 391 g/mol. The highest BCUT2D eigenvalue weighted by molar-refractivity contribution is 5.86. The summed E-state index contributed by atoms with van der Waals surface area (Å²) < 4.78 is 5.74. The third-order valence-electron chi connectivity index (χ3n) is 5.41. The normalized spacial score (nSPS) is 20.5. The molecule has 0 bridgehead atoms. The zero-order valence-corrected chi connectivity index (χ0v) is 16.3. The standard InChI is InChI=1S/C20H29N3O5/c1-15(14-24)21-19(26)20(27)6-8-23(9-7-20)18(25)13-22-10-11-28-17-5-3-2-4-16(17)12-22/h2-5,15,24,27H,6-14H2,1H3,(H,21,26). The second-order valence-corrected chi connectivity index (χ2v) is 7.64. The van der Waals surface area contributed by atoms with Crippen LogP contribution in [0.3, 0.4) is 0 Å². The lowest BCUT2D eigenvalue weighted by atomic mass is 9.90. The van der Waals surface area contributed by atoms with Crippen LogP contribution in [0.15, 0.2) is 24.3 Å². The summed E-state index contributed by atoms with van der Waals surface area (Å²) >= 11 is 0. The number of ether oxygens (including phenoxy) is 1. The smallest absolute Gasteiger partial charge is 0.252 e. The number of rotatable bonds is 5. The molecule has 28 heavy (non-hydrogen) atoms. The number of aliphatic hydroxyl groups excluding tert-OH is 1. The Hall–Kier alpha value is -2.16. The van der Waals surface area contributed by atoms with Crippen LogP contribution >= 0.6 is 0 Å². The molecule has 1 aromatic carbocycles. The fraction of sp³-hybridized carbons (Fsp3) is 0.600. The molecule has 8 heteroatoms. The van der Waals surface area contributed by atoms with Crippen LogP contribution < -0.4 is 10.1 Å². The monoisotopic (exact) mass is 391 g/mol. The van der Waals surface area contributed by atoms with Crippen LogP contribution in [0.1, 0.15) is 25.3 Å². The molecule has 1 unspecified atom stereocenters. The van der Waals surface area contributed by atoms with E-state index >= 15 is 0 Å². The Kier molecular flexibility index (Phi) is 6.53. The van der Waals surface area contributed by atoms with Crippen molar-refractivity contribution in [1.29, 1.82) is 0 Å². The molecule has 2 heterocycles. The maximum absolute atomic E-state index is 12.7. The molecule has 0 aromatic heterocycles. The molecular weight excluding hydrogens is 362 g/mol.